The molecule has 0 aliphatic carbocycles. The van der Waals surface area contributed by atoms with Crippen LogP contribution in [-0.2, 0) is 11.2 Å². The molecule has 1 aromatic carbocycles. The van der Waals surface area contributed by atoms with E-state index in [1.807, 2.05) is 30.3 Å². The molecule has 3 aromatic rings. The van der Waals surface area contributed by atoms with E-state index in [1.165, 1.54) is 12.8 Å². The van der Waals surface area contributed by atoms with Crippen molar-refractivity contribution >= 4 is 5.91 Å². The number of hydrogen-bond acceptors (Lipinski definition) is 7. The number of nitrogens with one attached hydrogen (secondary N) is 1. The maximum Gasteiger partial charge on any atom is 0.227 e. The summed E-state index contributed by atoms with van der Waals surface area (Å²) in [5.74, 6) is 1.75. The molecule has 1 unspecified atom stereocenters. The smallest absolute Gasteiger partial charge is 0.227 e. The highest BCUT2D eigenvalue weighted by atomic mass is 16.5. The van der Waals surface area contributed by atoms with Crippen LogP contribution in [0.2, 0.25) is 0 Å². The van der Waals surface area contributed by atoms with E-state index in [0.717, 1.165) is 30.0 Å². The van der Waals surface area contributed by atoms with Gasteiger partial charge in [0.05, 0.1) is 13.2 Å². The highest BCUT2D eigenvalue weighted by Gasteiger charge is 2.24. The molecule has 1 aliphatic heterocycles. The first-order valence-electron chi connectivity index (χ1n) is 10.6. The average Bonchev–Trinajstić information content (AvgIpc) is 3.51. The van der Waals surface area contributed by atoms with Crippen LogP contribution in [0.1, 0.15) is 36.8 Å². The highest BCUT2D eigenvalue weighted by molar-refractivity contribution is 5.76. The fourth-order valence-electron chi connectivity index (χ4n) is 3.85. The van der Waals surface area contributed by atoms with E-state index in [0.29, 0.717) is 31.1 Å². The summed E-state index contributed by atoms with van der Waals surface area (Å²) < 4.78 is 10.7. The lowest BCUT2D eigenvalue weighted by Crippen LogP contribution is -2.36. The first kappa shape index (κ1) is 21.0. The first-order valence-corrected chi connectivity index (χ1v) is 10.6. The second-order valence-electron chi connectivity index (χ2n) is 7.59. The number of aromatic nitrogens is 3. The van der Waals surface area contributed by atoms with E-state index < -0.39 is 0 Å². The number of methoxy groups -OCH3 is 1. The number of aryl methyl sites for hydroxylation is 1. The van der Waals surface area contributed by atoms with Crippen LogP contribution in [0, 0.1) is 0 Å². The third-order valence-corrected chi connectivity index (χ3v) is 5.53. The number of likely N-dealkylation sites (tertiary alicyclic amines) is 1. The molecule has 8 heteroatoms. The minimum atomic E-state index is -0.0317. The van der Waals surface area contributed by atoms with Gasteiger partial charge in [-0.15, -0.1) is 0 Å². The Labute approximate surface area is 181 Å². The molecule has 0 radical (unpaired) electrons. The van der Waals surface area contributed by atoms with Crippen molar-refractivity contribution in [3.05, 3.63) is 60.2 Å². The van der Waals surface area contributed by atoms with Crippen LogP contribution < -0.4 is 10.1 Å². The summed E-state index contributed by atoms with van der Waals surface area (Å²) in [6.45, 7) is 2.63. The van der Waals surface area contributed by atoms with Crippen molar-refractivity contribution in [3.8, 4) is 17.1 Å². The normalized spacial score (nSPS) is 15.0. The van der Waals surface area contributed by atoms with Crippen molar-refractivity contribution in [3.63, 3.8) is 0 Å². The van der Waals surface area contributed by atoms with E-state index in [4.69, 9.17) is 9.26 Å². The molecule has 1 fully saturated rings. The van der Waals surface area contributed by atoms with Crippen LogP contribution in [0.15, 0.2) is 53.3 Å². The Kier molecular flexibility index (Phi) is 6.89. The van der Waals surface area contributed by atoms with Gasteiger partial charge in [-0.25, -0.2) is 0 Å². The van der Waals surface area contributed by atoms with Crippen molar-refractivity contribution in [2.24, 2.45) is 0 Å². The number of ether oxygens (including phenoxy) is 1. The highest BCUT2D eigenvalue weighted by Crippen LogP contribution is 2.27. The number of pyridine rings is 1. The number of hydrogen-bond donors (Lipinski definition) is 1. The number of benzene rings is 1. The van der Waals surface area contributed by atoms with E-state index in [2.05, 4.69) is 31.4 Å². The Morgan fingerprint density at radius 2 is 2.03 bits per heavy atom. The predicted molar refractivity (Wildman–Crippen MR) is 115 cm³/mol. The Hall–Kier alpha value is -3.26. The maximum atomic E-state index is 12.5. The van der Waals surface area contributed by atoms with Gasteiger partial charge in [0, 0.05) is 37.3 Å². The SMILES string of the molecule is COc1cccc(C(CNC(=O)CCc2nc(-c3ccncc3)no2)N2CCCC2)c1. The van der Waals surface area contributed by atoms with E-state index in [9.17, 15) is 4.79 Å². The topological polar surface area (TPSA) is 93.4 Å². The Balaban J connectivity index is 1.33. The van der Waals surface area contributed by atoms with Gasteiger partial charge in [-0.3, -0.25) is 14.7 Å². The Morgan fingerprint density at radius 3 is 2.81 bits per heavy atom. The summed E-state index contributed by atoms with van der Waals surface area (Å²) in [6, 6.07) is 11.8. The summed E-state index contributed by atoms with van der Waals surface area (Å²) in [7, 11) is 1.67. The lowest BCUT2D eigenvalue weighted by Gasteiger charge is -2.28. The zero-order valence-electron chi connectivity index (χ0n) is 17.7. The fourth-order valence-corrected chi connectivity index (χ4v) is 3.85. The lowest BCUT2D eigenvalue weighted by molar-refractivity contribution is -0.121. The van der Waals surface area contributed by atoms with E-state index in [-0.39, 0.29) is 11.9 Å². The average molecular weight is 422 g/mol. The molecule has 162 valence electrons. The van der Waals surface area contributed by atoms with Gasteiger partial charge in [0.25, 0.3) is 0 Å². The Morgan fingerprint density at radius 1 is 1.23 bits per heavy atom. The third kappa shape index (κ3) is 5.46. The first-order chi connectivity index (χ1) is 15.2. The number of amides is 1. The second-order valence-corrected chi connectivity index (χ2v) is 7.59. The molecule has 0 spiro atoms. The van der Waals surface area contributed by atoms with Crippen LogP contribution in [0.25, 0.3) is 11.4 Å². The van der Waals surface area contributed by atoms with E-state index >= 15 is 0 Å². The standard InChI is InChI=1S/C23H27N5O3/c1-30-19-6-4-5-18(15-19)20(28-13-2-3-14-28)16-25-21(29)7-8-22-26-23(27-31-22)17-9-11-24-12-10-17/h4-6,9-12,15,20H,2-3,7-8,13-14,16H2,1H3,(H,25,29). The number of carbonyl (C=O) groups excluding carboxylic acids is 1. The monoisotopic (exact) mass is 421 g/mol. The van der Waals surface area contributed by atoms with Gasteiger partial charge in [0.1, 0.15) is 5.75 Å². The summed E-state index contributed by atoms with van der Waals surface area (Å²) in [5.41, 5.74) is 1.99. The fraction of sp³-hybridized carbons (Fsp3) is 0.391. The van der Waals surface area contributed by atoms with Gasteiger partial charge >= 0.3 is 0 Å². The lowest BCUT2D eigenvalue weighted by atomic mass is 10.0. The van der Waals surface area contributed by atoms with Crippen LogP contribution in [-0.4, -0.2) is 52.7 Å². The van der Waals surface area contributed by atoms with Gasteiger partial charge in [0.15, 0.2) is 0 Å². The van der Waals surface area contributed by atoms with Crippen molar-refractivity contribution in [1.29, 1.82) is 0 Å². The minimum absolute atomic E-state index is 0.0317. The minimum Gasteiger partial charge on any atom is -0.497 e. The zero-order valence-corrected chi connectivity index (χ0v) is 17.7. The molecule has 0 saturated carbocycles. The second kappa shape index (κ2) is 10.2. The largest absolute Gasteiger partial charge is 0.497 e. The predicted octanol–water partition coefficient (Wildman–Crippen LogP) is 3.03. The number of nitrogens with zero attached hydrogens (tertiary/aromatic N) is 4. The molecule has 8 nitrogen and oxygen atoms in total. The van der Waals surface area contributed by atoms with Gasteiger partial charge in [-0.2, -0.15) is 4.98 Å². The molecule has 1 aliphatic rings. The maximum absolute atomic E-state index is 12.5. The third-order valence-electron chi connectivity index (χ3n) is 5.53. The van der Waals surface area contributed by atoms with Crippen molar-refractivity contribution in [1.82, 2.24) is 25.3 Å². The molecular formula is C23H27N5O3. The van der Waals surface area contributed by atoms with Gasteiger partial charge in [0.2, 0.25) is 17.6 Å². The molecule has 1 amide bonds. The molecule has 1 saturated heterocycles. The number of rotatable bonds is 9. The van der Waals surface area contributed by atoms with Crippen LogP contribution in [0.3, 0.4) is 0 Å². The summed E-state index contributed by atoms with van der Waals surface area (Å²) >= 11 is 0. The summed E-state index contributed by atoms with van der Waals surface area (Å²) in [5, 5.41) is 7.07. The van der Waals surface area contributed by atoms with E-state index in [1.54, 1.807) is 19.5 Å². The van der Waals surface area contributed by atoms with Gasteiger partial charge in [-0.1, -0.05) is 17.3 Å². The molecular weight excluding hydrogens is 394 g/mol. The summed E-state index contributed by atoms with van der Waals surface area (Å²) in [4.78, 5) is 23.3. The van der Waals surface area contributed by atoms with Crippen molar-refractivity contribution in [2.45, 2.75) is 31.7 Å². The molecule has 31 heavy (non-hydrogen) atoms. The Bertz CT molecular complexity index is 986. The van der Waals surface area contributed by atoms with Crippen molar-refractivity contribution in [2.75, 3.05) is 26.7 Å². The molecule has 3 heterocycles. The summed E-state index contributed by atoms with van der Waals surface area (Å²) in [6.07, 6.45) is 6.42. The number of carbonyl (C=O) groups is 1. The zero-order chi connectivity index (χ0) is 21.5. The van der Waals surface area contributed by atoms with Crippen LogP contribution in [0.4, 0.5) is 0 Å². The van der Waals surface area contributed by atoms with Crippen LogP contribution >= 0.6 is 0 Å². The quantitative estimate of drug-likeness (QED) is 0.568. The molecule has 0 bridgehead atoms. The molecule has 4 rings (SSSR count). The molecule has 1 atom stereocenters. The molecule has 2 aromatic heterocycles. The van der Waals surface area contributed by atoms with Gasteiger partial charge in [-0.05, 0) is 55.8 Å². The molecule has 1 N–H and O–H groups in total. The van der Waals surface area contributed by atoms with Gasteiger partial charge < -0.3 is 14.6 Å². The van der Waals surface area contributed by atoms with Crippen molar-refractivity contribution < 1.29 is 14.1 Å². The van der Waals surface area contributed by atoms with Crippen LogP contribution in [0.5, 0.6) is 5.75 Å².